The molecule has 1 heterocycles. The Hall–Kier alpha value is -0.570. The van der Waals surface area contributed by atoms with Gasteiger partial charge in [0.1, 0.15) is 5.54 Å². The standard InChI is InChI=1S/C13H23NO2/c1-10(9-11-5-6-11)14-8-4-3-7-13(14,2)12(15)16/h10-11H,3-9H2,1-2H3,(H,15,16). The second kappa shape index (κ2) is 4.36. The van der Waals surface area contributed by atoms with Crippen LogP contribution in [0.3, 0.4) is 0 Å². The highest BCUT2D eigenvalue weighted by molar-refractivity contribution is 5.78. The van der Waals surface area contributed by atoms with E-state index in [1.165, 1.54) is 19.3 Å². The van der Waals surface area contributed by atoms with E-state index < -0.39 is 11.5 Å². The Morgan fingerprint density at radius 2 is 2.19 bits per heavy atom. The van der Waals surface area contributed by atoms with Crippen molar-refractivity contribution in [3.63, 3.8) is 0 Å². The molecule has 0 aromatic rings. The Morgan fingerprint density at radius 1 is 1.50 bits per heavy atom. The van der Waals surface area contributed by atoms with Gasteiger partial charge < -0.3 is 5.11 Å². The van der Waals surface area contributed by atoms with Crippen LogP contribution in [0.1, 0.15) is 52.4 Å². The summed E-state index contributed by atoms with van der Waals surface area (Å²) in [7, 11) is 0. The first-order valence-electron chi connectivity index (χ1n) is 6.54. The van der Waals surface area contributed by atoms with Gasteiger partial charge >= 0.3 is 5.97 Å². The zero-order valence-electron chi connectivity index (χ0n) is 10.4. The van der Waals surface area contributed by atoms with Gasteiger partial charge in [-0.05, 0) is 52.0 Å². The Morgan fingerprint density at radius 3 is 2.75 bits per heavy atom. The average Bonchev–Trinajstić information content (AvgIpc) is 3.02. The van der Waals surface area contributed by atoms with E-state index in [1.54, 1.807) is 0 Å². The second-order valence-corrected chi connectivity index (χ2v) is 5.76. The van der Waals surface area contributed by atoms with Gasteiger partial charge in [0.25, 0.3) is 0 Å². The third kappa shape index (κ3) is 2.24. The predicted molar refractivity (Wildman–Crippen MR) is 63.4 cm³/mol. The van der Waals surface area contributed by atoms with Gasteiger partial charge in [-0.3, -0.25) is 9.69 Å². The molecule has 3 nitrogen and oxygen atoms in total. The van der Waals surface area contributed by atoms with E-state index in [0.717, 1.165) is 31.7 Å². The molecule has 92 valence electrons. The van der Waals surface area contributed by atoms with Crippen molar-refractivity contribution >= 4 is 5.97 Å². The molecule has 0 aromatic carbocycles. The molecule has 1 saturated carbocycles. The molecular formula is C13H23NO2. The maximum Gasteiger partial charge on any atom is 0.323 e. The normalized spacial score (nSPS) is 33.6. The summed E-state index contributed by atoms with van der Waals surface area (Å²) < 4.78 is 0. The maximum atomic E-state index is 11.5. The number of carboxylic acids is 1. The fraction of sp³-hybridized carbons (Fsp3) is 0.923. The number of aliphatic carboxylic acids is 1. The van der Waals surface area contributed by atoms with Crippen LogP contribution >= 0.6 is 0 Å². The SMILES string of the molecule is CC(CC1CC1)N1CCCCC1(C)C(=O)O. The predicted octanol–water partition coefficient (Wildman–Crippen LogP) is 2.50. The summed E-state index contributed by atoms with van der Waals surface area (Å²) in [5.74, 6) is 0.227. The molecule has 2 atom stereocenters. The van der Waals surface area contributed by atoms with E-state index >= 15 is 0 Å². The molecule has 0 bridgehead atoms. The van der Waals surface area contributed by atoms with E-state index in [9.17, 15) is 9.90 Å². The zero-order valence-corrected chi connectivity index (χ0v) is 10.4. The van der Waals surface area contributed by atoms with E-state index in [1.807, 2.05) is 6.92 Å². The van der Waals surface area contributed by atoms with Crippen molar-refractivity contribution in [3.8, 4) is 0 Å². The van der Waals surface area contributed by atoms with E-state index in [0.29, 0.717) is 6.04 Å². The Balaban J connectivity index is 2.05. The van der Waals surface area contributed by atoms with Crippen LogP contribution in [0.25, 0.3) is 0 Å². The van der Waals surface area contributed by atoms with Crippen LogP contribution in [0.5, 0.6) is 0 Å². The number of nitrogens with zero attached hydrogens (tertiary/aromatic N) is 1. The maximum absolute atomic E-state index is 11.5. The van der Waals surface area contributed by atoms with Crippen molar-refractivity contribution < 1.29 is 9.90 Å². The van der Waals surface area contributed by atoms with Gasteiger partial charge in [0, 0.05) is 6.04 Å². The number of likely N-dealkylation sites (tertiary alicyclic amines) is 1. The van der Waals surface area contributed by atoms with Crippen LogP contribution in [0, 0.1) is 5.92 Å². The van der Waals surface area contributed by atoms with Crippen LogP contribution < -0.4 is 0 Å². The lowest BCUT2D eigenvalue weighted by atomic mass is 9.86. The number of carboxylic acid groups (broad SMARTS) is 1. The lowest BCUT2D eigenvalue weighted by Crippen LogP contribution is -2.58. The molecule has 3 heteroatoms. The molecule has 1 saturated heterocycles. The molecule has 1 N–H and O–H groups in total. The van der Waals surface area contributed by atoms with E-state index in [2.05, 4.69) is 11.8 Å². The first kappa shape index (κ1) is 11.9. The topological polar surface area (TPSA) is 40.5 Å². The van der Waals surface area contributed by atoms with Gasteiger partial charge in [-0.1, -0.05) is 12.8 Å². The molecule has 2 rings (SSSR count). The van der Waals surface area contributed by atoms with Crippen molar-refractivity contribution in [2.75, 3.05) is 6.54 Å². The van der Waals surface area contributed by atoms with Gasteiger partial charge in [0.15, 0.2) is 0 Å². The molecular weight excluding hydrogens is 202 g/mol. The number of piperidine rings is 1. The van der Waals surface area contributed by atoms with Gasteiger partial charge in [-0.2, -0.15) is 0 Å². The molecule has 2 aliphatic rings. The van der Waals surface area contributed by atoms with Crippen molar-refractivity contribution in [2.45, 2.75) is 64.0 Å². The quantitative estimate of drug-likeness (QED) is 0.799. The molecule has 0 amide bonds. The third-order valence-corrected chi connectivity index (χ3v) is 4.31. The summed E-state index contributed by atoms with van der Waals surface area (Å²) in [6.07, 6.45) is 6.89. The minimum Gasteiger partial charge on any atom is -0.480 e. The van der Waals surface area contributed by atoms with Gasteiger partial charge in [0.05, 0.1) is 0 Å². The first-order chi connectivity index (χ1) is 7.54. The summed E-state index contributed by atoms with van der Waals surface area (Å²) in [6.45, 7) is 5.05. The number of hydrogen-bond donors (Lipinski definition) is 1. The Labute approximate surface area is 97.8 Å². The van der Waals surface area contributed by atoms with E-state index in [-0.39, 0.29) is 0 Å². The summed E-state index contributed by atoms with van der Waals surface area (Å²) in [4.78, 5) is 13.7. The van der Waals surface area contributed by atoms with Crippen molar-refractivity contribution in [1.29, 1.82) is 0 Å². The average molecular weight is 225 g/mol. The number of hydrogen-bond acceptors (Lipinski definition) is 2. The summed E-state index contributed by atoms with van der Waals surface area (Å²) >= 11 is 0. The van der Waals surface area contributed by atoms with Crippen molar-refractivity contribution in [1.82, 2.24) is 4.90 Å². The third-order valence-electron chi connectivity index (χ3n) is 4.31. The van der Waals surface area contributed by atoms with Crippen LogP contribution in [-0.2, 0) is 4.79 Å². The van der Waals surface area contributed by atoms with Crippen molar-refractivity contribution in [3.05, 3.63) is 0 Å². The molecule has 2 fully saturated rings. The van der Waals surface area contributed by atoms with Crippen LogP contribution in [0.4, 0.5) is 0 Å². The first-order valence-corrected chi connectivity index (χ1v) is 6.54. The zero-order chi connectivity index (χ0) is 11.8. The highest BCUT2D eigenvalue weighted by Crippen LogP contribution is 2.38. The van der Waals surface area contributed by atoms with E-state index in [4.69, 9.17) is 0 Å². The minimum atomic E-state index is -0.644. The monoisotopic (exact) mass is 225 g/mol. The molecule has 2 unspecified atom stereocenters. The largest absolute Gasteiger partial charge is 0.480 e. The second-order valence-electron chi connectivity index (χ2n) is 5.76. The highest BCUT2D eigenvalue weighted by Gasteiger charge is 2.44. The fourth-order valence-corrected chi connectivity index (χ4v) is 3.04. The van der Waals surface area contributed by atoms with Crippen LogP contribution in [0.2, 0.25) is 0 Å². The molecule has 1 aliphatic carbocycles. The Kier molecular flexibility index (Phi) is 3.24. The summed E-state index contributed by atoms with van der Waals surface area (Å²) in [5, 5.41) is 9.42. The molecule has 0 spiro atoms. The number of carbonyl (C=O) groups is 1. The minimum absolute atomic E-state index is 0.425. The summed E-state index contributed by atoms with van der Waals surface area (Å²) in [6, 6.07) is 0.425. The highest BCUT2D eigenvalue weighted by atomic mass is 16.4. The smallest absolute Gasteiger partial charge is 0.323 e. The van der Waals surface area contributed by atoms with Gasteiger partial charge in [0.2, 0.25) is 0 Å². The van der Waals surface area contributed by atoms with Gasteiger partial charge in [-0.25, -0.2) is 0 Å². The lowest BCUT2D eigenvalue weighted by Gasteiger charge is -2.45. The van der Waals surface area contributed by atoms with Gasteiger partial charge in [-0.15, -0.1) is 0 Å². The summed E-state index contributed by atoms with van der Waals surface area (Å²) in [5.41, 5.74) is -0.618. The molecule has 0 radical (unpaired) electrons. The van der Waals surface area contributed by atoms with Crippen LogP contribution in [0.15, 0.2) is 0 Å². The molecule has 0 aromatic heterocycles. The molecule has 16 heavy (non-hydrogen) atoms. The Bertz CT molecular complexity index is 275. The fourth-order valence-electron chi connectivity index (χ4n) is 3.04. The van der Waals surface area contributed by atoms with Crippen LogP contribution in [-0.4, -0.2) is 34.1 Å². The lowest BCUT2D eigenvalue weighted by molar-refractivity contribution is -0.155. The molecule has 1 aliphatic heterocycles. The number of rotatable bonds is 4. The van der Waals surface area contributed by atoms with Crippen molar-refractivity contribution in [2.24, 2.45) is 5.92 Å².